The van der Waals surface area contributed by atoms with Crippen molar-refractivity contribution in [1.82, 2.24) is 10.7 Å². The van der Waals surface area contributed by atoms with Gasteiger partial charge in [-0.3, -0.25) is 5.43 Å². The van der Waals surface area contributed by atoms with Crippen molar-refractivity contribution in [1.29, 1.82) is 0 Å². The molecular weight excluding hydrogens is 386 g/mol. The average Bonchev–Trinajstić information content (AvgIpc) is 2.72. The molecule has 0 amide bonds. The maximum atomic E-state index is 5.66. The van der Waals surface area contributed by atoms with Crippen molar-refractivity contribution >= 4 is 45.1 Å². The summed E-state index contributed by atoms with van der Waals surface area (Å²) >= 11 is 5.66. The number of hydrogen-bond donors (Lipinski definition) is 2. The first kappa shape index (κ1) is 18.3. The molecule has 152 valence electrons. The van der Waals surface area contributed by atoms with E-state index in [1.165, 1.54) is 60.1 Å². The Morgan fingerprint density at radius 1 is 0.867 bits per heavy atom. The molecule has 30 heavy (non-hydrogen) atoms. The van der Waals surface area contributed by atoms with Crippen LogP contribution >= 0.6 is 12.2 Å². The molecule has 4 fully saturated rings. The number of hydrazone groups is 1. The van der Waals surface area contributed by atoms with Gasteiger partial charge in [0.05, 0.1) is 6.21 Å². The molecule has 4 aliphatic carbocycles. The summed E-state index contributed by atoms with van der Waals surface area (Å²) in [4.78, 5) is 0. The first-order chi connectivity index (χ1) is 14.7. The van der Waals surface area contributed by atoms with Crippen LogP contribution in [-0.4, -0.2) is 16.9 Å². The van der Waals surface area contributed by atoms with Crippen LogP contribution in [0.1, 0.15) is 44.1 Å². The molecular formula is C26H27N3S. The molecule has 0 radical (unpaired) electrons. The fourth-order valence-corrected chi connectivity index (χ4v) is 7.15. The summed E-state index contributed by atoms with van der Waals surface area (Å²) in [6.45, 7) is 0. The van der Waals surface area contributed by atoms with Gasteiger partial charge in [0.25, 0.3) is 0 Å². The third kappa shape index (κ3) is 3.18. The maximum Gasteiger partial charge on any atom is 0.187 e. The number of benzene rings is 3. The van der Waals surface area contributed by atoms with Gasteiger partial charge in [-0.15, -0.1) is 0 Å². The predicted octanol–water partition coefficient (Wildman–Crippen LogP) is 5.76. The van der Waals surface area contributed by atoms with E-state index in [2.05, 4.69) is 70.4 Å². The number of rotatable bonds is 3. The molecule has 0 saturated heterocycles. The van der Waals surface area contributed by atoms with E-state index in [0.717, 1.165) is 23.3 Å². The highest BCUT2D eigenvalue weighted by molar-refractivity contribution is 7.80. The van der Waals surface area contributed by atoms with Crippen LogP contribution in [0.3, 0.4) is 0 Å². The van der Waals surface area contributed by atoms with E-state index in [1.54, 1.807) is 0 Å². The van der Waals surface area contributed by atoms with E-state index >= 15 is 0 Å². The lowest BCUT2D eigenvalue weighted by Gasteiger charge is -2.57. The molecule has 4 bridgehead atoms. The minimum Gasteiger partial charge on any atom is -0.356 e. The second-order valence-electron chi connectivity index (χ2n) is 9.75. The lowest BCUT2D eigenvalue weighted by Crippen LogP contribution is -2.61. The van der Waals surface area contributed by atoms with Gasteiger partial charge >= 0.3 is 0 Å². The molecule has 0 unspecified atom stereocenters. The highest BCUT2D eigenvalue weighted by atomic mass is 32.1. The highest BCUT2D eigenvalue weighted by Gasteiger charge is 2.51. The molecule has 2 N–H and O–H groups in total. The first-order valence-electron chi connectivity index (χ1n) is 11.2. The molecule has 0 atom stereocenters. The van der Waals surface area contributed by atoms with Gasteiger partial charge in [-0.05, 0) is 96.1 Å². The Morgan fingerprint density at radius 3 is 1.97 bits per heavy atom. The number of fused-ring (bicyclic) bond motifs is 2. The second-order valence-corrected chi connectivity index (χ2v) is 10.2. The minimum absolute atomic E-state index is 0.209. The molecule has 7 rings (SSSR count). The highest BCUT2D eigenvalue weighted by Crippen LogP contribution is 2.55. The monoisotopic (exact) mass is 413 g/mol. The number of thiocarbonyl (C=S) groups is 1. The van der Waals surface area contributed by atoms with Crippen molar-refractivity contribution in [3.8, 4) is 0 Å². The topological polar surface area (TPSA) is 36.4 Å². The summed E-state index contributed by atoms with van der Waals surface area (Å²) in [7, 11) is 0. The molecule has 3 aromatic carbocycles. The molecule has 4 saturated carbocycles. The summed E-state index contributed by atoms with van der Waals surface area (Å²) in [6.07, 6.45) is 10.1. The van der Waals surface area contributed by atoms with E-state index < -0.39 is 0 Å². The van der Waals surface area contributed by atoms with E-state index in [9.17, 15) is 0 Å². The largest absolute Gasteiger partial charge is 0.356 e. The molecule has 4 heteroatoms. The van der Waals surface area contributed by atoms with Gasteiger partial charge in [0.2, 0.25) is 0 Å². The Balaban J connectivity index is 1.24. The zero-order valence-corrected chi connectivity index (χ0v) is 17.9. The van der Waals surface area contributed by atoms with Crippen LogP contribution in [0.25, 0.3) is 21.5 Å². The molecule has 0 spiro atoms. The average molecular weight is 414 g/mol. The molecule has 4 aliphatic rings. The van der Waals surface area contributed by atoms with E-state index in [1.807, 2.05) is 6.21 Å². The Kier molecular flexibility index (Phi) is 4.31. The zero-order chi connectivity index (χ0) is 20.1. The SMILES string of the molecule is S=C(NN=Cc1c2ccccc2cc2ccccc12)NC12CC3CC(CC(C3)C1)C2. The van der Waals surface area contributed by atoms with Crippen molar-refractivity contribution in [2.75, 3.05) is 0 Å². The quantitative estimate of drug-likeness (QED) is 0.248. The zero-order valence-electron chi connectivity index (χ0n) is 17.1. The molecule has 0 heterocycles. The van der Waals surface area contributed by atoms with Crippen LogP contribution in [0.2, 0.25) is 0 Å². The van der Waals surface area contributed by atoms with Gasteiger partial charge in [-0.2, -0.15) is 5.10 Å². The standard InChI is InChI=1S/C26H27N3S/c30-25(28-26-13-17-9-18(14-26)11-19(10-17)15-26)29-27-16-24-22-7-3-1-5-20(22)12-21-6-2-4-8-23(21)24/h1-8,12,16-19H,9-11,13-15H2,(H2,28,29,30). The minimum atomic E-state index is 0.209. The Hall–Kier alpha value is -2.46. The summed E-state index contributed by atoms with van der Waals surface area (Å²) in [5, 5.41) is 13.8. The summed E-state index contributed by atoms with van der Waals surface area (Å²) in [6, 6.07) is 19.2. The lowest BCUT2D eigenvalue weighted by molar-refractivity contribution is -0.0101. The number of nitrogens with zero attached hydrogens (tertiary/aromatic N) is 1. The normalized spacial score (nSPS) is 29.7. The van der Waals surface area contributed by atoms with Gasteiger partial charge in [0, 0.05) is 11.1 Å². The van der Waals surface area contributed by atoms with Crippen molar-refractivity contribution in [3.05, 3.63) is 60.2 Å². The predicted molar refractivity (Wildman–Crippen MR) is 129 cm³/mol. The Morgan fingerprint density at radius 2 is 1.40 bits per heavy atom. The van der Waals surface area contributed by atoms with Gasteiger partial charge in [-0.25, -0.2) is 0 Å². The molecule has 0 aromatic heterocycles. The first-order valence-corrected chi connectivity index (χ1v) is 11.6. The summed E-state index contributed by atoms with van der Waals surface area (Å²) in [5.74, 6) is 2.70. The third-order valence-electron chi connectivity index (χ3n) is 7.59. The molecule has 3 aromatic rings. The van der Waals surface area contributed by atoms with Crippen molar-refractivity contribution in [2.24, 2.45) is 22.9 Å². The maximum absolute atomic E-state index is 5.66. The van der Waals surface area contributed by atoms with Gasteiger partial charge in [-0.1, -0.05) is 48.5 Å². The van der Waals surface area contributed by atoms with E-state index in [0.29, 0.717) is 5.11 Å². The van der Waals surface area contributed by atoms with Crippen molar-refractivity contribution < 1.29 is 0 Å². The van der Waals surface area contributed by atoms with Crippen LogP contribution in [0.5, 0.6) is 0 Å². The Labute approximate surface area is 182 Å². The molecule has 0 aliphatic heterocycles. The van der Waals surface area contributed by atoms with E-state index in [-0.39, 0.29) is 5.54 Å². The van der Waals surface area contributed by atoms with Gasteiger partial charge in [0.1, 0.15) is 0 Å². The smallest absolute Gasteiger partial charge is 0.187 e. The lowest BCUT2D eigenvalue weighted by atomic mass is 9.53. The van der Waals surface area contributed by atoms with E-state index in [4.69, 9.17) is 12.2 Å². The van der Waals surface area contributed by atoms with Crippen LogP contribution in [0, 0.1) is 17.8 Å². The van der Waals surface area contributed by atoms with Crippen molar-refractivity contribution in [2.45, 2.75) is 44.1 Å². The number of nitrogens with one attached hydrogen (secondary N) is 2. The van der Waals surface area contributed by atoms with Crippen LogP contribution in [-0.2, 0) is 0 Å². The fraction of sp³-hybridized carbons (Fsp3) is 0.385. The Bertz CT molecular complexity index is 1080. The van der Waals surface area contributed by atoms with Crippen LogP contribution in [0.4, 0.5) is 0 Å². The van der Waals surface area contributed by atoms with Crippen LogP contribution in [0.15, 0.2) is 59.7 Å². The third-order valence-corrected chi connectivity index (χ3v) is 7.78. The van der Waals surface area contributed by atoms with Gasteiger partial charge < -0.3 is 5.32 Å². The number of hydrogen-bond acceptors (Lipinski definition) is 2. The van der Waals surface area contributed by atoms with Crippen LogP contribution < -0.4 is 10.7 Å². The van der Waals surface area contributed by atoms with Gasteiger partial charge in [0.15, 0.2) is 5.11 Å². The summed E-state index contributed by atoms with van der Waals surface area (Å²) < 4.78 is 0. The second kappa shape index (κ2) is 7.05. The van der Waals surface area contributed by atoms with Crippen molar-refractivity contribution in [3.63, 3.8) is 0 Å². The summed E-state index contributed by atoms with van der Waals surface area (Å²) in [5.41, 5.74) is 4.47. The molecule has 3 nitrogen and oxygen atoms in total. The fourth-order valence-electron chi connectivity index (χ4n) is 6.88.